The molecule has 0 aliphatic rings. The number of benzene rings is 2. The number of nitrogens with one attached hydrogen (secondary N) is 1. The van der Waals surface area contributed by atoms with Crippen molar-refractivity contribution < 1.29 is 9.90 Å². The van der Waals surface area contributed by atoms with Crippen molar-refractivity contribution in [1.82, 2.24) is 0 Å². The van der Waals surface area contributed by atoms with Gasteiger partial charge in [-0.3, -0.25) is 4.79 Å². The maximum absolute atomic E-state index is 11.1. The van der Waals surface area contributed by atoms with E-state index in [2.05, 4.69) is 5.32 Å². The molecule has 0 saturated heterocycles. The number of phenolic OH excluding ortho intramolecular Hbond substituents is 1. The zero-order valence-corrected chi connectivity index (χ0v) is 9.24. The van der Waals surface area contributed by atoms with Gasteiger partial charge in [0.25, 0.3) is 0 Å². The summed E-state index contributed by atoms with van der Waals surface area (Å²) in [6.07, 6.45) is 0. The number of rotatable bonds is 1. The van der Waals surface area contributed by atoms with Crippen molar-refractivity contribution in [2.45, 2.75) is 13.8 Å². The predicted octanol–water partition coefficient (Wildman–Crippen LogP) is 2.81. The van der Waals surface area contributed by atoms with E-state index in [1.54, 1.807) is 6.07 Å². The van der Waals surface area contributed by atoms with Gasteiger partial charge in [0.15, 0.2) is 0 Å². The molecule has 0 unspecified atom stereocenters. The van der Waals surface area contributed by atoms with E-state index in [1.807, 2.05) is 31.2 Å². The first-order chi connectivity index (χ1) is 7.58. The van der Waals surface area contributed by atoms with Crippen LogP contribution in [0.3, 0.4) is 0 Å². The number of fused-ring (bicyclic) bond motifs is 1. The molecule has 0 bridgehead atoms. The minimum atomic E-state index is -0.117. The van der Waals surface area contributed by atoms with Gasteiger partial charge >= 0.3 is 0 Å². The maximum Gasteiger partial charge on any atom is 0.221 e. The van der Waals surface area contributed by atoms with Crippen LogP contribution in [0, 0.1) is 6.92 Å². The van der Waals surface area contributed by atoms with E-state index in [1.165, 1.54) is 6.92 Å². The summed E-state index contributed by atoms with van der Waals surface area (Å²) in [5.41, 5.74) is 1.69. The van der Waals surface area contributed by atoms with Gasteiger partial charge < -0.3 is 10.4 Å². The Bertz CT molecular complexity index is 561. The first-order valence-corrected chi connectivity index (χ1v) is 5.08. The van der Waals surface area contributed by atoms with Crippen molar-refractivity contribution in [3.8, 4) is 5.75 Å². The molecule has 82 valence electrons. The van der Waals surface area contributed by atoms with Crippen LogP contribution in [0.2, 0.25) is 0 Å². The summed E-state index contributed by atoms with van der Waals surface area (Å²) in [6.45, 7) is 3.37. The zero-order valence-electron chi connectivity index (χ0n) is 9.24. The molecule has 0 atom stereocenters. The normalized spacial score (nSPS) is 10.4. The van der Waals surface area contributed by atoms with Crippen LogP contribution in [0.4, 0.5) is 5.69 Å². The summed E-state index contributed by atoms with van der Waals surface area (Å²) in [5, 5.41) is 14.2. The second-order valence-corrected chi connectivity index (χ2v) is 3.87. The van der Waals surface area contributed by atoms with Gasteiger partial charge in [-0.15, -0.1) is 0 Å². The van der Waals surface area contributed by atoms with Crippen LogP contribution in [-0.2, 0) is 4.79 Å². The summed E-state index contributed by atoms with van der Waals surface area (Å²) >= 11 is 0. The number of amides is 1. The van der Waals surface area contributed by atoms with Gasteiger partial charge in [-0.25, -0.2) is 0 Å². The lowest BCUT2D eigenvalue weighted by molar-refractivity contribution is -0.114. The van der Waals surface area contributed by atoms with E-state index in [9.17, 15) is 9.90 Å². The molecule has 0 spiro atoms. The summed E-state index contributed by atoms with van der Waals surface area (Å²) in [4.78, 5) is 11.1. The summed E-state index contributed by atoms with van der Waals surface area (Å²) in [5.74, 6) is 0.121. The third-order valence-corrected chi connectivity index (χ3v) is 2.43. The van der Waals surface area contributed by atoms with Crippen molar-refractivity contribution in [3.05, 3.63) is 35.9 Å². The number of hydrogen-bond acceptors (Lipinski definition) is 2. The lowest BCUT2D eigenvalue weighted by Gasteiger charge is -2.09. The molecule has 2 aromatic carbocycles. The Morgan fingerprint density at radius 3 is 2.69 bits per heavy atom. The minimum Gasteiger partial charge on any atom is -0.507 e. The van der Waals surface area contributed by atoms with Gasteiger partial charge in [0.2, 0.25) is 5.91 Å². The van der Waals surface area contributed by atoms with Gasteiger partial charge in [-0.2, -0.15) is 0 Å². The number of hydrogen-bond donors (Lipinski definition) is 2. The highest BCUT2D eigenvalue weighted by Crippen LogP contribution is 2.31. The smallest absolute Gasteiger partial charge is 0.221 e. The number of aryl methyl sites for hydroxylation is 1. The largest absolute Gasteiger partial charge is 0.507 e. The maximum atomic E-state index is 11.1. The Labute approximate surface area is 93.7 Å². The van der Waals surface area contributed by atoms with E-state index in [0.717, 1.165) is 22.0 Å². The van der Waals surface area contributed by atoms with Crippen LogP contribution in [0.1, 0.15) is 12.5 Å². The molecule has 1 amide bonds. The predicted molar refractivity (Wildman–Crippen MR) is 64.7 cm³/mol. The molecule has 0 saturated carbocycles. The molecule has 2 rings (SSSR count). The third-order valence-electron chi connectivity index (χ3n) is 2.43. The van der Waals surface area contributed by atoms with E-state index in [4.69, 9.17) is 0 Å². The van der Waals surface area contributed by atoms with Crippen LogP contribution < -0.4 is 5.32 Å². The standard InChI is InChI=1S/C13H13NO2/c1-8-6-11-10(13(16)7-8)4-3-5-12(11)14-9(2)15/h3-7,16H,1-2H3,(H,14,15). The average molecular weight is 215 g/mol. The molecule has 2 aromatic rings. The fourth-order valence-electron chi connectivity index (χ4n) is 1.81. The number of carbonyl (C=O) groups excluding carboxylic acids is 1. The Morgan fingerprint density at radius 2 is 2.00 bits per heavy atom. The molecule has 0 aromatic heterocycles. The monoisotopic (exact) mass is 215 g/mol. The third kappa shape index (κ3) is 1.84. The lowest BCUT2D eigenvalue weighted by Crippen LogP contribution is -2.05. The molecule has 3 heteroatoms. The van der Waals surface area contributed by atoms with Crippen LogP contribution in [-0.4, -0.2) is 11.0 Å². The Hall–Kier alpha value is -2.03. The average Bonchev–Trinajstić information content (AvgIpc) is 2.18. The van der Waals surface area contributed by atoms with Crippen molar-refractivity contribution in [2.24, 2.45) is 0 Å². The Kier molecular flexibility index (Phi) is 2.52. The molecule has 0 radical (unpaired) electrons. The zero-order chi connectivity index (χ0) is 11.7. The molecular formula is C13H13NO2. The number of anilines is 1. The summed E-state index contributed by atoms with van der Waals surface area (Å²) in [7, 11) is 0. The highest BCUT2D eigenvalue weighted by atomic mass is 16.3. The van der Waals surface area contributed by atoms with Crippen LogP contribution in [0.25, 0.3) is 10.8 Å². The first kappa shape index (κ1) is 10.5. The van der Waals surface area contributed by atoms with Crippen molar-refractivity contribution in [2.75, 3.05) is 5.32 Å². The van der Waals surface area contributed by atoms with E-state index < -0.39 is 0 Å². The molecule has 0 fully saturated rings. The van der Waals surface area contributed by atoms with Gasteiger partial charge in [0.1, 0.15) is 5.75 Å². The molecule has 16 heavy (non-hydrogen) atoms. The second kappa shape index (κ2) is 3.85. The second-order valence-electron chi connectivity index (χ2n) is 3.87. The highest BCUT2D eigenvalue weighted by Gasteiger charge is 2.06. The molecule has 3 nitrogen and oxygen atoms in total. The van der Waals surface area contributed by atoms with Gasteiger partial charge in [0, 0.05) is 23.4 Å². The highest BCUT2D eigenvalue weighted by molar-refractivity contribution is 6.03. The SMILES string of the molecule is CC(=O)Nc1cccc2c(O)cc(C)cc12. The van der Waals surface area contributed by atoms with Gasteiger partial charge in [-0.05, 0) is 30.7 Å². The summed E-state index contributed by atoms with van der Waals surface area (Å²) in [6, 6.07) is 9.11. The molecule has 0 aliphatic carbocycles. The van der Waals surface area contributed by atoms with Crippen molar-refractivity contribution >= 4 is 22.4 Å². The number of aromatic hydroxyl groups is 1. The molecular weight excluding hydrogens is 202 g/mol. The Morgan fingerprint density at radius 1 is 1.25 bits per heavy atom. The number of carbonyl (C=O) groups is 1. The lowest BCUT2D eigenvalue weighted by atomic mass is 10.0. The molecule has 0 aliphatic heterocycles. The topological polar surface area (TPSA) is 49.3 Å². The van der Waals surface area contributed by atoms with Gasteiger partial charge in [-0.1, -0.05) is 12.1 Å². The van der Waals surface area contributed by atoms with Gasteiger partial charge in [0.05, 0.1) is 0 Å². The van der Waals surface area contributed by atoms with Crippen molar-refractivity contribution in [3.63, 3.8) is 0 Å². The first-order valence-electron chi connectivity index (χ1n) is 5.08. The Balaban J connectivity index is 2.71. The van der Waals surface area contributed by atoms with E-state index >= 15 is 0 Å². The van der Waals surface area contributed by atoms with E-state index in [-0.39, 0.29) is 11.7 Å². The van der Waals surface area contributed by atoms with Crippen LogP contribution in [0.15, 0.2) is 30.3 Å². The quantitative estimate of drug-likeness (QED) is 0.768. The summed E-state index contributed by atoms with van der Waals surface area (Å²) < 4.78 is 0. The van der Waals surface area contributed by atoms with Crippen molar-refractivity contribution in [1.29, 1.82) is 0 Å². The van der Waals surface area contributed by atoms with Crippen LogP contribution >= 0.6 is 0 Å². The molecule has 0 heterocycles. The van der Waals surface area contributed by atoms with E-state index in [0.29, 0.717) is 0 Å². The van der Waals surface area contributed by atoms with Crippen LogP contribution in [0.5, 0.6) is 5.75 Å². The number of phenols is 1. The fraction of sp³-hybridized carbons (Fsp3) is 0.154. The minimum absolute atomic E-state index is 0.117. The molecule has 2 N–H and O–H groups in total. The fourth-order valence-corrected chi connectivity index (χ4v) is 1.81.